The maximum atomic E-state index is 13.6. The summed E-state index contributed by atoms with van der Waals surface area (Å²) in [5.41, 5.74) is 0. The van der Waals surface area contributed by atoms with Gasteiger partial charge in [-0.05, 0) is 44.6 Å². The van der Waals surface area contributed by atoms with Gasteiger partial charge < -0.3 is 25.8 Å². The Morgan fingerprint density at radius 1 is 0.536 bits per heavy atom. The molecule has 0 radical (unpaired) electrons. The number of hydrogen-bond acceptors (Lipinski definition) is 7. The van der Waals surface area contributed by atoms with Crippen LogP contribution in [-0.4, -0.2) is 97.9 Å². The Balaban J connectivity index is 4.67. The quantitative estimate of drug-likeness (QED) is 0.0545. The fourth-order valence-electron chi connectivity index (χ4n) is 6.85. The maximum Gasteiger partial charge on any atom is 0.226 e. The third-order valence-corrected chi connectivity index (χ3v) is 10.4. The van der Waals surface area contributed by atoms with Crippen molar-refractivity contribution in [1.82, 2.24) is 25.8 Å². The largest absolute Gasteiger partial charge is 0.356 e. The first-order valence-electron chi connectivity index (χ1n) is 22.5. The third kappa shape index (κ3) is 30.3. The molecule has 0 bridgehead atoms. The van der Waals surface area contributed by atoms with E-state index in [2.05, 4.69) is 50.6 Å². The van der Waals surface area contributed by atoms with Gasteiger partial charge in [0.1, 0.15) is 0 Å². The van der Waals surface area contributed by atoms with E-state index >= 15 is 0 Å². The van der Waals surface area contributed by atoms with E-state index in [0.29, 0.717) is 31.3 Å². The molecule has 11 nitrogen and oxygen atoms in total. The molecule has 0 aromatic rings. The SMILES string of the molecule is CCCCCCCCCCCCCCCC(=O)NCCC(=O)N(C)CC(=O)C[C@@H](CCCCNC(C)C)C(=O)N(C)CC(=O)C[C@@H](C)C(=O)NCCCC(C)C. The smallest absolute Gasteiger partial charge is 0.226 e. The average Bonchev–Trinajstić information content (AvgIpc) is 3.13. The molecule has 326 valence electrons. The first-order valence-corrected chi connectivity index (χ1v) is 22.5. The van der Waals surface area contributed by atoms with Crippen LogP contribution in [-0.2, 0) is 28.8 Å². The molecule has 0 aliphatic heterocycles. The number of nitrogens with zero attached hydrogens (tertiary/aromatic N) is 2. The predicted molar refractivity (Wildman–Crippen MR) is 229 cm³/mol. The van der Waals surface area contributed by atoms with Gasteiger partial charge in [0.2, 0.25) is 23.6 Å². The summed E-state index contributed by atoms with van der Waals surface area (Å²) < 4.78 is 0. The zero-order chi connectivity index (χ0) is 42.1. The first-order chi connectivity index (χ1) is 26.7. The number of carbonyl (C=O) groups excluding carboxylic acids is 6. The van der Waals surface area contributed by atoms with Crippen molar-refractivity contribution < 1.29 is 28.8 Å². The van der Waals surface area contributed by atoms with Gasteiger partial charge in [0.15, 0.2) is 11.6 Å². The molecule has 0 aromatic carbocycles. The van der Waals surface area contributed by atoms with Crippen LogP contribution in [0.5, 0.6) is 0 Å². The van der Waals surface area contributed by atoms with Gasteiger partial charge >= 0.3 is 0 Å². The van der Waals surface area contributed by atoms with Gasteiger partial charge in [-0.1, -0.05) is 125 Å². The zero-order valence-corrected chi connectivity index (χ0v) is 37.2. The van der Waals surface area contributed by atoms with Crippen molar-refractivity contribution in [2.45, 2.75) is 189 Å². The van der Waals surface area contributed by atoms with E-state index in [4.69, 9.17) is 0 Å². The Bertz CT molecular complexity index is 1100. The molecule has 0 saturated carbocycles. The van der Waals surface area contributed by atoms with Gasteiger partial charge in [0.25, 0.3) is 0 Å². The van der Waals surface area contributed by atoms with Crippen LogP contribution in [0.4, 0.5) is 0 Å². The second-order valence-corrected chi connectivity index (χ2v) is 17.1. The molecule has 2 atom stereocenters. The second-order valence-electron chi connectivity index (χ2n) is 17.1. The number of likely N-dealkylation sites (N-methyl/N-ethyl adjacent to an activating group) is 2. The number of rotatable bonds is 37. The van der Waals surface area contributed by atoms with Gasteiger partial charge in [-0.25, -0.2) is 0 Å². The Kier molecular flexibility index (Phi) is 32.5. The molecule has 11 heteroatoms. The highest BCUT2D eigenvalue weighted by Crippen LogP contribution is 2.18. The molecular weight excluding hydrogens is 707 g/mol. The Labute approximate surface area is 342 Å². The molecule has 0 aromatic heterocycles. The number of Topliss-reactive ketones (excluding diaryl/α,β-unsaturated/α-hetero) is 2. The van der Waals surface area contributed by atoms with Gasteiger partial charge in [0, 0.05) is 70.7 Å². The van der Waals surface area contributed by atoms with Crippen LogP contribution >= 0.6 is 0 Å². The number of carbonyl (C=O) groups is 6. The van der Waals surface area contributed by atoms with Crippen LogP contribution in [0.1, 0.15) is 183 Å². The summed E-state index contributed by atoms with van der Waals surface area (Å²) in [4.78, 5) is 80.0. The van der Waals surface area contributed by atoms with Crippen LogP contribution in [0.2, 0.25) is 0 Å². The summed E-state index contributed by atoms with van der Waals surface area (Å²) in [6.45, 7) is 13.7. The van der Waals surface area contributed by atoms with Gasteiger partial charge in [-0.3, -0.25) is 28.8 Å². The van der Waals surface area contributed by atoms with E-state index < -0.39 is 11.8 Å². The molecule has 3 N–H and O–H groups in total. The Hall–Kier alpha value is -2.82. The zero-order valence-electron chi connectivity index (χ0n) is 37.2. The fourth-order valence-corrected chi connectivity index (χ4v) is 6.85. The molecule has 0 unspecified atom stereocenters. The third-order valence-electron chi connectivity index (χ3n) is 10.4. The van der Waals surface area contributed by atoms with E-state index in [1.54, 1.807) is 21.0 Å². The van der Waals surface area contributed by atoms with Crippen LogP contribution in [0.3, 0.4) is 0 Å². The number of hydrogen-bond donors (Lipinski definition) is 3. The molecule has 0 rings (SSSR count). The minimum absolute atomic E-state index is 0.0301. The monoisotopic (exact) mass is 792 g/mol. The highest BCUT2D eigenvalue weighted by molar-refractivity contribution is 5.93. The van der Waals surface area contributed by atoms with Crippen molar-refractivity contribution in [1.29, 1.82) is 0 Å². The highest BCUT2D eigenvalue weighted by Gasteiger charge is 2.27. The molecule has 4 amide bonds. The summed E-state index contributed by atoms with van der Waals surface area (Å²) >= 11 is 0. The maximum absolute atomic E-state index is 13.6. The molecule has 0 aliphatic carbocycles. The molecule has 0 aliphatic rings. The van der Waals surface area contributed by atoms with E-state index in [9.17, 15) is 28.8 Å². The fraction of sp³-hybridized carbons (Fsp3) is 0.867. The molecule has 0 saturated heterocycles. The summed E-state index contributed by atoms with van der Waals surface area (Å²) in [6, 6.07) is 0.348. The second kappa shape index (κ2) is 34.2. The highest BCUT2D eigenvalue weighted by atomic mass is 16.2. The van der Waals surface area contributed by atoms with E-state index in [0.717, 1.165) is 51.5 Å². The van der Waals surface area contributed by atoms with Gasteiger partial charge in [-0.2, -0.15) is 0 Å². The minimum atomic E-state index is -0.617. The summed E-state index contributed by atoms with van der Waals surface area (Å²) in [7, 11) is 3.13. The van der Waals surface area contributed by atoms with Crippen molar-refractivity contribution >= 4 is 35.2 Å². The van der Waals surface area contributed by atoms with Gasteiger partial charge in [0.05, 0.1) is 13.1 Å². The van der Waals surface area contributed by atoms with Crippen LogP contribution < -0.4 is 16.0 Å². The van der Waals surface area contributed by atoms with E-state index in [-0.39, 0.29) is 74.1 Å². The molecule has 0 heterocycles. The van der Waals surface area contributed by atoms with Gasteiger partial charge in [-0.15, -0.1) is 0 Å². The van der Waals surface area contributed by atoms with Crippen molar-refractivity contribution in [3.05, 3.63) is 0 Å². The lowest BCUT2D eigenvalue weighted by Gasteiger charge is -2.24. The normalized spacial score (nSPS) is 12.4. The number of nitrogens with one attached hydrogen (secondary N) is 3. The van der Waals surface area contributed by atoms with E-state index in [1.807, 2.05) is 0 Å². The van der Waals surface area contributed by atoms with Crippen LogP contribution in [0.15, 0.2) is 0 Å². The average molecular weight is 792 g/mol. The van der Waals surface area contributed by atoms with Crippen molar-refractivity contribution in [3.8, 4) is 0 Å². The van der Waals surface area contributed by atoms with Crippen LogP contribution in [0, 0.1) is 17.8 Å². The lowest BCUT2D eigenvalue weighted by atomic mass is 9.94. The first kappa shape index (κ1) is 53.2. The van der Waals surface area contributed by atoms with Crippen LogP contribution in [0.25, 0.3) is 0 Å². The summed E-state index contributed by atoms with van der Waals surface area (Å²) in [5, 5.41) is 9.10. The topological polar surface area (TPSA) is 145 Å². The minimum Gasteiger partial charge on any atom is -0.356 e. The number of unbranched alkanes of at least 4 members (excludes halogenated alkanes) is 13. The summed E-state index contributed by atoms with van der Waals surface area (Å²) in [5.74, 6) is -1.74. The molecule has 56 heavy (non-hydrogen) atoms. The molecular formula is C45H85N5O6. The standard InChI is InChI=1S/C45H85N5O6/c1-9-10-11-12-13-14-15-16-17-18-19-20-21-27-42(53)47-31-28-43(54)49(7)34-41(52)33-39(26-22-23-29-46-37(4)5)45(56)50(8)35-40(51)32-38(6)44(55)48-30-24-25-36(2)3/h36-39,46H,9-35H2,1-8H3,(H,47,53)(H,48,55)/t38-,39-/m1/s1. The molecule has 0 spiro atoms. The number of ketones is 2. The Morgan fingerprint density at radius 3 is 1.66 bits per heavy atom. The van der Waals surface area contributed by atoms with Crippen molar-refractivity contribution in [3.63, 3.8) is 0 Å². The van der Waals surface area contributed by atoms with E-state index in [1.165, 1.54) is 74.0 Å². The lowest BCUT2D eigenvalue weighted by molar-refractivity contribution is -0.140. The molecule has 0 fully saturated rings. The summed E-state index contributed by atoms with van der Waals surface area (Å²) in [6.07, 6.45) is 20.8. The van der Waals surface area contributed by atoms with Crippen molar-refractivity contribution in [2.24, 2.45) is 17.8 Å². The Morgan fingerprint density at radius 2 is 1.09 bits per heavy atom. The predicted octanol–water partition coefficient (Wildman–Crippen LogP) is 7.78. The number of amides is 4. The van der Waals surface area contributed by atoms with Crippen molar-refractivity contribution in [2.75, 3.05) is 46.8 Å². The lowest BCUT2D eigenvalue weighted by Crippen LogP contribution is -2.40.